The van der Waals surface area contributed by atoms with E-state index in [9.17, 15) is 9.59 Å². The van der Waals surface area contributed by atoms with Gasteiger partial charge < -0.3 is 16.2 Å². The van der Waals surface area contributed by atoms with Gasteiger partial charge in [0.1, 0.15) is 0 Å². The lowest BCUT2D eigenvalue weighted by Gasteiger charge is -2.06. The minimum absolute atomic E-state index is 0.0873. The van der Waals surface area contributed by atoms with Crippen LogP contribution in [0.4, 0.5) is 0 Å². The molecule has 108 valence electrons. The highest BCUT2D eigenvalue weighted by molar-refractivity contribution is 5.95. The standard InChI is InChI=1S/C16H16N2O3/c17-15(20)13-5-1-11(2-6-13)12-3-7-14(8-4-12)16(21)18-9-10-19/h1-8,19H,9-10H2,(H2,17,20)(H,18,21). The number of carbonyl (C=O) groups excluding carboxylic acids is 2. The topological polar surface area (TPSA) is 92.4 Å². The first-order chi connectivity index (χ1) is 10.1. The van der Waals surface area contributed by atoms with Gasteiger partial charge in [-0.05, 0) is 35.4 Å². The van der Waals surface area contributed by atoms with E-state index < -0.39 is 5.91 Å². The largest absolute Gasteiger partial charge is 0.395 e. The number of nitrogens with one attached hydrogen (secondary N) is 1. The summed E-state index contributed by atoms with van der Waals surface area (Å²) in [6, 6.07) is 14.0. The average Bonchev–Trinajstić information content (AvgIpc) is 2.53. The van der Waals surface area contributed by atoms with Gasteiger partial charge in [-0.1, -0.05) is 24.3 Å². The molecule has 0 aliphatic rings. The molecule has 21 heavy (non-hydrogen) atoms. The summed E-state index contributed by atoms with van der Waals surface area (Å²) in [7, 11) is 0. The van der Waals surface area contributed by atoms with Crippen molar-refractivity contribution in [3.63, 3.8) is 0 Å². The third-order valence-corrected chi connectivity index (χ3v) is 3.05. The summed E-state index contributed by atoms with van der Waals surface area (Å²) in [5, 5.41) is 11.3. The van der Waals surface area contributed by atoms with Gasteiger partial charge in [0.05, 0.1) is 6.61 Å². The van der Waals surface area contributed by atoms with E-state index >= 15 is 0 Å². The monoisotopic (exact) mass is 284 g/mol. The number of carbonyl (C=O) groups is 2. The van der Waals surface area contributed by atoms with Crippen LogP contribution in [-0.4, -0.2) is 30.1 Å². The smallest absolute Gasteiger partial charge is 0.251 e. The normalized spacial score (nSPS) is 10.1. The summed E-state index contributed by atoms with van der Waals surface area (Å²) < 4.78 is 0. The number of hydrogen-bond acceptors (Lipinski definition) is 3. The summed E-state index contributed by atoms with van der Waals surface area (Å²) in [5.74, 6) is -0.683. The Balaban J connectivity index is 2.14. The molecule has 0 aromatic heterocycles. The molecular weight excluding hydrogens is 268 g/mol. The highest BCUT2D eigenvalue weighted by atomic mass is 16.3. The Morgan fingerprint density at radius 3 is 1.81 bits per heavy atom. The number of nitrogens with two attached hydrogens (primary N) is 1. The summed E-state index contributed by atoms with van der Waals surface area (Å²) in [5.41, 5.74) is 8.05. The van der Waals surface area contributed by atoms with Gasteiger partial charge in [-0.2, -0.15) is 0 Å². The van der Waals surface area contributed by atoms with Crippen molar-refractivity contribution >= 4 is 11.8 Å². The van der Waals surface area contributed by atoms with Crippen LogP contribution in [-0.2, 0) is 0 Å². The van der Waals surface area contributed by atoms with Crippen LogP contribution in [0.2, 0.25) is 0 Å². The molecular formula is C16H16N2O3. The first-order valence-corrected chi connectivity index (χ1v) is 6.51. The van der Waals surface area contributed by atoms with E-state index in [4.69, 9.17) is 10.8 Å². The predicted molar refractivity (Wildman–Crippen MR) is 79.8 cm³/mol. The van der Waals surface area contributed by atoms with E-state index in [0.29, 0.717) is 11.1 Å². The van der Waals surface area contributed by atoms with Gasteiger partial charge in [0, 0.05) is 17.7 Å². The van der Waals surface area contributed by atoms with Crippen molar-refractivity contribution < 1.29 is 14.7 Å². The number of benzene rings is 2. The number of aliphatic hydroxyl groups is 1. The second-order valence-electron chi connectivity index (χ2n) is 4.50. The van der Waals surface area contributed by atoms with Gasteiger partial charge in [0.2, 0.25) is 5.91 Å². The Hall–Kier alpha value is -2.66. The molecule has 5 heteroatoms. The molecule has 0 fully saturated rings. The average molecular weight is 284 g/mol. The van der Waals surface area contributed by atoms with E-state index in [1.54, 1.807) is 36.4 Å². The Bertz CT molecular complexity index is 634. The molecule has 0 saturated carbocycles. The second-order valence-corrected chi connectivity index (χ2v) is 4.50. The molecule has 0 atom stereocenters. The Labute approximate surface area is 122 Å². The van der Waals surface area contributed by atoms with Crippen molar-refractivity contribution in [2.75, 3.05) is 13.2 Å². The molecule has 2 rings (SSSR count). The minimum atomic E-state index is -0.461. The van der Waals surface area contributed by atoms with Crippen molar-refractivity contribution in [2.24, 2.45) is 5.73 Å². The number of amides is 2. The van der Waals surface area contributed by atoms with Crippen LogP contribution in [0.3, 0.4) is 0 Å². The highest BCUT2D eigenvalue weighted by Crippen LogP contribution is 2.20. The molecule has 0 unspecified atom stereocenters. The molecule has 2 aromatic rings. The Kier molecular flexibility index (Phi) is 4.68. The van der Waals surface area contributed by atoms with Crippen molar-refractivity contribution in [1.82, 2.24) is 5.32 Å². The Morgan fingerprint density at radius 2 is 1.38 bits per heavy atom. The van der Waals surface area contributed by atoms with Gasteiger partial charge in [0.15, 0.2) is 0 Å². The van der Waals surface area contributed by atoms with E-state index in [1.807, 2.05) is 12.1 Å². The summed E-state index contributed by atoms with van der Waals surface area (Å²) in [6.07, 6.45) is 0. The van der Waals surface area contributed by atoms with Gasteiger partial charge >= 0.3 is 0 Å². The lowest BCUT2D eigenvalue weighted by molar-refractivity contribution is 0.0943. The van der Waals surface area contributed by atoms with Crippen LogP contribution in [0.25, 0.3) is 11.1 Å². The molecule has 0 aliphatic heterocycles. The highest BCUT2D eigenvalue weighted by Gasteiger charge is 2.06. The molecule has 0 saturated heterocycles. The first-order valence-electron chi connectivity index (χ1n) is 6.51. The van der Waals surface area contributed by atoms with Gasteiger partial charge in [-0.3, -0.25) is 9.59 Å². The lowest BCUT2D eigenvalue weighted by Crippen LogP contribution is -2.26. The zero-order valence-corrected chi connectivity index (χ0v) is 11.4. The SMILES string of the molecule is NC(=O)c1ccc(-c2ccc(C(=O)NCCO)cc2)cc1. The van der Waals surface area contributed by atoms with Gasteiger partial charge in [0.25, 0.3) is 5.91 Å². The van der Waals surface area contributed by atoms with Gasteiger partial charge in [-0.25, -0.2) is 0 Å². The van der Waals surface area contributed by atoms with Crippen molar-refractivity contribution in [1.29, 1.82) is 0 Å². The van der Waals surface area contributed by atoms with E-state index in [0.717, 1.165) is 11.1 Å². The first kappa shape index (κ1) is 14.7. The fourth-order valence-electron chi connectivity index (χ4n) is 1.91. The molecule has 4 N–H and O–H groups in total. The van der Waals surface area contributed by atoms with Crippen LogP contribution < -0.4 is 11.1 Å². The number of aliphatic hydroxyl groups excluding tert-OH is 1. The third-order valence-electron chi connectivity index (χ3n) is 3.05. The van der Waals surface area contributed by atoms with Crippen LogP contribution in [0.1, 0.15) is 20.7 Å². The van der Waals surface area contributed by atoms with Crippen LogP contribution in [0.15, 0.2) is 48.5 Å². The van der Waals surface area contributed by atoms with Crippen molar-refractivity contribution in [3.8, 4) is 11.1 Å². The van der Waals surface area contributed by atoms with Gasteiger partial charge in [-0.15, -0.1) is 0 Å². The molecule has 0 aliphatic carbocycles. The van der Waals surface area contributed by atoms with E-state index in [1.165, 1.54) is 0 Å². The fourth-order valence-corrected chi connectivity index (χ4v) is 1.91. The third kappa shape index (κ3) is 3.67. The zero-order chi connectivity index (χ0) is 15.2. The Morgan fingerprint density at radius 1 is 0.905 bits per heavy atom. The maximum absolute atomic E-state index is 11.7. The lowest BCUT2D eigenvalue weighted by atomic mass is 10.0. The van der Waals surface area contributed by atoms with Crippen LogP contribution in [0.5, 0.6) is 0 Å². The fraction of sp³-hybridized carbons (Fsp3) is 0.125. The number of hydrogen-bond donors (Lipinski definition) is 3. The van der Waals surface area contributed by atoms with Crippen LogP contribution >= 0.6 is 0 Å². The quantitative estimate of drug-likeness (QED) is 0.769. The van der Waals surface area contributed by atoms with E-state index in [-0.39, 0.29) is 19.1 Å². The maximum Gasteiger partial charge on any atom is 0.251 e. The number of rotatable bonds is 5. The van der Waals surface area contributed by atoms with E-state index in [2.05, 4.69) is 5.32 Å². The summed E-state index contributed by atoms with van der Waals surface area (Å²) in [6.45, 7) is 0.144. The number of primary amides is 1. The molecule has 5 nitrogen and oxygen atoms in total. The molecule has 0 heterocycles. The molecule has 0 radical (unpaired) electrons. The van der Waals surface area contributed by atoms with Crippen molar-refractivity contribution in [2.45, 2.75) is 0 Å². The molecule has 0 spiro atoms. The summed E-state index contributed by atoms with van der Waals surface area (Å²) in [4.78, 5) is 22.7. The molecule has 0 bridgehead atoms. The molecule has 2 aromatic carbocycles. The zero-order valence-electron chi connectivity index (χ0n) is 11.4. The maximum atomic E-state index is 11.7. The minimum Gasteiger partial charge on any atom is -0.395 e. The van der Waals surface area contributed by atoms with Crippen molar-refractivity contribution in [3.05, 3.63) is 59.7 Å². The summed E-state index contributed by atoms with van der Waals surface area (Å²) >= 11 is 0. The predicted octanol–water partition coefficient (Wildman–Crippen LogP) is 1.17. The molecule has 2 amide bonds. The second kappa shape index (κ2) is 6.67. The van der Waals surface area contributed by atoms with Crippen LogP contribution in [0, 0.1) is 0 Å².